The Hall–Kier alpha value is -2.15. The summed E-state index contributed by atoms with van der Waals surface area (Å²) >= 11 is 1.63. The summed E-state index contributed by atoms with van der Waals surface area (Å²) in [5, 5.41) is 13.3. The average molecular weight is 346 g/mol. The zero-order valence-corrected chi connectivity index (χ0v) is 14.8. The lowest BCUT2D eigenvalue weighted by atomic mass is 9.99. The molecule has 1 atom stereocenters. The third kappa shape index (κ3) is 4.03. The van der Waals surface area contributed by atoms with Crippen molar-refractivity contribution in [1.82, 2.24) is 20.4 Å². The van der Waals surface area contributed by atoms with E-state index in [-0.39, 0.29) is 6.03 Å². The molecule has 1 aliphatic rings. The van der Waals surface area contributed by atoms with Gasteiger partial charge in [-0.1, -0.05) is 12.1 Å². The van der Waals surface area contributed by atoms with E-state index < -0.39 is 0 Å². The third-order valence-corrected chi connectivity index (χ3v) is 5.20. The fraction of sp³-hybridized carbons (Fsp3) is 0.471. The zero-order valence-electron chi connectivity index (χ0n) is 14.0. The number of ether oxygens (including phenoxy) is 1. The Morgan fingerprint density at radius 3 is 2.83 bits per heavy atom. The minimum absolute atomic E-state index is 0.0169. The van der Waals surface area contributed by atoms with E-state index in [1.807, 2.05) is 36.1 Å². The number of hydrogen-bond donors (Lipinski definition) is 1. The average Bonchev–Trinajstić information content (AvgIpc) is 3.06. The zero-order chi connectivity index (χ0) is 16.9. The summed E-state index contributed by atoms with van der Waals surface area (Å²) in [7, 11) is 1.64. The van der Waals surface area contributed by atoms with Gasteiger partial charge < -0.3 is 15.0 Å². The van der Waals surface area contributed by atoms with Crippen LogP contribution in [0.25, 0.3) is 0 Å². The first-order valence-electron chi connectivity index (χ1n) is 8.11. The monoisotopic (exact) mass is 346 g/mol. The molecule has 0 aliphatic carbocycles. The Morgan fingerprint density at radius 2 is 2.17 bits per heavy atom. The lowest BCUT2D eigenvalue weighted by Crippen LogP contribution is -2.44. The standard InChI is InChI=1S/C17H22N4O2S/c1-12-19-20-16(24-12)14-4-3-9-21(11-14)17(22)18-10-13-5-7-15(23-2)8-6-13/h5-8,14H,3-4,9-11H2,1-2H3,(H,18,22). The van der Waals surface area contributed by atoms with Crippen molar-refractivity contribution < 1.29 is 9.53 Å². The van der Waals surface area contributed by atoms with Gasteiger partial charge in [0.2, 0.25) is 0 Å². The molecule has 2 heterocycles. The number of aromatic nitrogens is 2. The molecule has 0 saturated carbocycles. The highest BCUT2D eigenvalue weighted by atomic mass is 32.1. The molecule has 24 heavy (non-hydrogen) atoms. The van der Waals surface area contributed by atoms with E-state index in [1.165, 1.54) is 0 Å². The number of carbonyl (C=O) groups excluding carboxylic acids is 1. The molecule has 3 rings (SSSR count). The van der Waals surface area contributed by atoms with Crippen molar-refractivity contribution in [3.63, 3.8) is 0 Å². The number of hydrogen-bond acceptors (Lipinski definition) is 5. The predicted molar refractivity (Wildman–Crippen MR) is 93.4 cm³/mol. The quantitative estimate of drug-likeness (QED) is 0.924. The van der Waals surface area contributed by atoms with E-state index >= 15 is 0 Å². The van der Waals surface area contributed by atoms with Crippen molar-refractivity contribution in [2.75, 3.05) is 20.2 Å². The van der Waals surface area contributed by atoms with Gasteiger partial charge in [-0.2, -0.15) is 0 Å². The first-order chi connectivity index (χ1) is 11.7. The van der Waals surface area contributed by atoms with Crippen LogP contribution in [0, 0.1) is 6.92 Å². The van der Waals surface area contributed by atoms with Gasteiger partial charge in [-0.3, -0.25) is 0 Å². The van der Waals surface area contributed by atoms with Gasteiger partial charge in [0, 0.05) is 25.6 Å². The van der Waals surface area contributed by atoms with E-state index in [1.54, 1.807) is 18.4 Å². The van der Waals surface area contributed by atoms with Crippen LogP contribution < -0.4 is 10.1 Å². The van der Waals surface area contributed by atoms with Gasteiger partial charge in [-0.25, -0.2) is 4.79 Å². The molecule has 1 aromatic heterocycles. The summed E-state index contributed by atoms with van der Waals surface area (Å²) in [6.07, 6.45) is 2.07. The van der Waals surface area contributed by atoms with Crippen molar-refractivity contribution >= 4 is 17.4 Å². The lowest BCUT2D eigenvalue weighted by molar-refractivity contribution is 0.179. The Bertz CT molecular complexity index is 686. The number of nitrogens with one attached hydrogen (secondary N) is 1. The van der Waals surface area contributed by atoms with Gasteiger partial charge in [-0.05, 0) is 37.5 Å². The first-order valence-corrected chi connectivity index (χ1v) is 8.93. The maximum absolute atomic E-state index is 12.4. The van der Waals surface area contributed by atoms with Gasteiger partial charge in [-0.15, -0.1) is 21.5 Å². The molecular formula is C17H22N4O2S. The molecule has 0 spiro atoms. The van der Waals surface area contributed by atoms with Crippen molar-refractivity contribution in [2.45, 2.75) is 32.2 Å². The van der Waals surface area contributed by atoms with Crippen LogP contribution in [0.4, 0.5) is 4.79 Å². The van der Waals surface area contributed by atoms with E-state index in [9.17, 15) is 4.79 Å². The molecule has 1 fully saturated rings. The number of urea groups is 1. The molecule has 1 unspecified atom stereocenters. The Balaban J connectivity index is 1.54. The van der Waals surface area contributed by atoms with Crippen LogP contribution in [0.5, 0.6) is 5.75 Å². The topological polar surface area (TPSA) is 67.3 Å². The predicted octanol–water partition coefficient (Wildman–Crippen LogP) is 2.94. The largest absolute Gasteiger partial charge is 0.497 e. The van der Waals surface area contributed by atoms with Gasteiger partial charge in [0.1, 0.15) is 15.8 Å². The van der Waals surface area contributed by atoms with Crippen LogP contribution in [0.3, 0.4) is 0 Å². The number of piperidine rings is 1. The minimum atomic E-state index is -0.0169. The Labute approximate surface area is 145 Å². The molecule has 0 bridgehead atoms. The van der Waals surface area contributed by atoms with Crippen molar-refractivity contribution in [1.29, 1.82) is 0 Å². The molecule has 2 aromatic rings. The van der Waals surface area contributed by atoms with Crippen LogP contribution in [0.15, 0.2) is 24.3 Å². The van der Waals surface area contributed by atoms with E-state index in [2.05, 4.69) is 15.5 Å². The number of aryl methyl sites for hydroxylation is 1. The second-order valence-corrected chi connectivity index (χ2v) is 7.16. The third-order valence-electron chi connectivity index (χ3n) is 4.20. The molecule has 6 nitrogen and oxygen atoms in total. The maximum atomic E-state index is 12.4. The molecule has 1 N–H and O–H groups in total. The molecule has 1 saturated heterocycles. The minimum Gasteiger partial charge on any atom is -0.497 e. The Kier molecular flexibility index (Phi) is 5.30. The summed E-state index contributed by atoms with van der Waals surface area (Å²) in [6, 6.07) is 7.70. The number of nitrogens with zero attached hydrogens (tertiary/aromatic N) is 3. The van der Waals surface area contributed by atoms with Gasteiger partial charge >= 0.3 is 6.03 Å². The van der Waals surface area contributed by atoms with Crippen LogP contribution in [0.2, 0.25) is 0 Å². The number of methoxy groups -OCH3 is 1. The highest BCUT2D eigenvalue weighted by Crippen LogP contribution is 2.28. The fourth-order valence-electron chi connectivity index (χ4n) is 2.87. The molecule has 1 aromatic carbocycles. The summed E-state index contributed by atoms with van der Waals surface area (Å²) in [6.45, 7) is 3.98. The van der Waals surface area contributed by atoms with Crippen LogP contribution in [0.1, 0.15) is 34.3 Å². The number of likely N-dealkylation sites (tertiary alicyclic amines) is 1. The number of benzene rings is 1. The summed E-state index contributed by atoms with van der Waals surface area (Å²) in [4.78, 5) is 14.3. The normalized spacial score (nSPS) is 17.6. The first kappa shape index (κ1) is 16.7. The molecule has 7 heteroatoms. The lowest BCUT2D eigenvalue weighted by Gasteiger charge is -2.31. The summed E-state index contributed by atoms with van der Waals surface area (Å²) < 4.78 is 5.14. The number of carbonyl (C=O) groups is 1. The van der Waals surface area contributed by atoms with Gasteiger partial charge in [0.15, 0.2) is 0 Å². The number of amides is 2. The number of rotatable bonds is 4. The second kappa shape index (κ2) is 7.61. The van der Waals surface area contributed by atoms with Crippen molar-refractivity contribution in [3.8, 4) is 5.75 Å². The molecule has 0 radical (unpaired) electrons. The van der Waals surface area contributed by atoms with E-state index in [4.69, 9.17) is 4.74 Å². The highest BCUT2D eigenvalue weighted by Gasteiger charge is 2.26. The van der Waals surface area contributed by atoms with E-state index in [0.29, 0.717) is 19.0 Å². The Morgan fingerprint density at radius 1 is 1.38 bits per heavy atom. The summed E-state index contributed by atoms with van der Waals surface area (Å²) in [5.74, 6) is 1.12. The van der Waals surface area contributed by atoms with Crippen LogP contribution in [-0.4, -0.2) is 41.3 Å². The van der Waals surface area contributed by atoms with Gasteiger partial charge in [0.25, 0.3) is 0 Å². The molecule has 1 aliphatic heterocycles. The van der Waals surface area contributed by atoms with Crippen LogP contribution >= 0.6 is 11.3 Å². The smallest absolute Gasteiger partial charge is 0.317 e. The van der Waals surface area contributed by atoms with E-state index in [0.717, 1.165) is 40.7 Å². The molecule has 2 amide bonds. The van der Waals surface area contributed by atoms with Crippen molar-refractivity contribution in [3.05, 3.63) is 39.8 Å². The fourth-order valence-corrected chi connectivity index (χ4v) is 3.70. The van der Waals surface area contributed by atoms with Gasteiger partial charge in [0.05, 0.1) is 7.11 Å². The molecule has 128 valence electrons. The maximum Gasteiger partial charge on any atom is 0.317 e. The summed E-state index contributed by atoms with van der Waals surface area (Å²) in [5.41, 5.74) is 1.05. The molecular weight excluding hydrogens is 324 g/mol. The highest BCUT2D eigenvalue weighted by molar-refractivity contribution is 7.11. The van der Waals surface area contributed by atoms with Crippen LogP contribution in [-0.2, 0) is 6.54 Å². The second-order valence-electron chi connectivity index (χ2n) is 5.95. The SMILES string of the molecule is COc1ccc(CNC(=O)N2CCCC(c3nnc(C)s3)C2)cc1. The van der Waals surface area contributed by atoms with Crippen molar-refractivity contribution in [2.24, 2.45) is 0 Å².